The second kappa shape index (κ2) is 10.3. The maximum Gasteiger partial charge on any atom is 0.416 e. The van der Waals surface area contributed by atoms with Crippen molar-refractivity contribution in [1.82, 2.24) is 9.88 Å². The van der Waals surface area contributed by atoms with Crippen molar-refractivity contribution < 1.29 is 36.6 Å². The molecule has 1 aromatic heterocycles. The van der Waals surface area contributed by atoms with E-state index >= 15 is 0 Å². The standard InChI is InChI=1S/C25H23F5N4O3/c1-33-5-6-34(21(13-33)24(35)36)22-19(26)11-20(27)23(32-22)37-18-9-16(8-17(10-18)25(28,29)30)15-4-2-3-14(7-15)12-31/h2-4,7-11,21H,5-6,12-13,31H2,1H3,(H,35,36). The van der Waals surface area contributed by atoms with E-state index in [4.69, 9.17) is 10.5 Å². The average Bonchev–Trinajstić information content (AvgIpc) is 2.85. The summed E-state index contributed by atoms with van der Waals surface area (Å²) in [5.41, 5.74) is 5.84. The van der Waals surface area contributed by atoms with Gasteiger partial charge in [0.05, 0.1) is 5.56 Å². The number of piperazine rings is 1. The first-order chi connectivity index (χ1) is 17.5. The van der Waals surface area contributed by atoms with Crippen LogP contribution in [-0.4, -0.2) is 53.7 Å². The number of hydrogen-bond acceptors (Lipinski definition) is 6. The number of likely N-dealkylation sites (N-methyl/N-ethyl adjacent to an activating group) is 1. The van der Waals surface area contributed by atoms with Gasteiger partial charge in [0, 0.05) is 32.2 Å². The molecule has 196 valence electrons. The zero-order valence-corrected chi connectivity index (χ0v) is 19.6. The minimum atomic E-state index is -4.74. The first kappa shape index (κ1) is 26.3. The fraction of sp³-hybridized carbons (Fsp3) is 0.280. The molecule has 2 aromatic carbocycles. The lowest BCUT2D eigenvalue weighted by molar-refractivity contribution is -0.139. The summed E-state index contributed by atoms with van der Waals surface area (Å²) in [6.45, 7) is 0.696. The number of nitrogens with two attached hydrogens (primary N) is 1. The van der Waals surface area contributed by atoms with Crippen LogP contribution in [0.25, 0.3) is 11.1 Å². The van der Waals surface area contributed by atoms with E-state index in [9.17, 15) is 31.9 Å². The van der Waals surface area contributed by atoms with Crippen LogP contribution in [0.4, 0.5) is 27.8 Å². The van der Waals surface area contributed by atoms with Crippen LogP contribution in [-0.2, 0) is 17.5 Å². The maximum absolute atomic E-state index is 14.7. The molecule has 0 bridgehead atoms. The zero-order chi connectivity index (χ0) is 26.9. The SMILES string of the molecule is CN1CCN(c2nc(Oc3cc(-c4cccc(CN)c4)cc(C(F)(F)F)c3)c(F)cc2F)C(C(=O)O)C1. The molecule has 0 spiro atoms. The van der Waals surface area contributed by atoms with Gasteiger partial charge in [0.2, 0.25) is 0 Å². The molecule has 1 saturated heterocycles. The Hall–Kier alpha value is -3.77. The van der Waals surface area contributed by atoms with Crippen LogP contribution in [0.3, 0.4) is 0 Å². The van der Waals surface area contributed by atoms with Gasteiger partial charge in [-0.1, -0.05) is 18.2 Å². The molecule has 0 aliphatic carbocycles. The van der Waals surface area contributed by atoms with Crippen molar-refractivity contribution >= 4 is 11.8 Å². The van der Waals surface area contributed by atoms with E-state index in [-0.39, 0.29) is 30.9 Å². The number of carbonyl (C=O) groups is 1. The highest BCUT2D eigenvalue weighted by atomic mass is 19.4. The molecule has 1 aliphatic rings. The molecule has 7 nitrogen and oxygen atoms in total. The van der Waals surface area contributed by atoms with E-state index in [0.29, 0.717) is 29.8 Å². The van der Waals surface area contributed by atoms with Crippen LogP contribution in [0.5, 0.6) is 11.6 Å². The molecule has 1 atom stereocenters. The summed E-state index contributed by atoms with van der Waals surface area (Å²) in [6.07, 6.45) is -4.74. The van der Waals surface area contributed by atoms with E-state index in [1.54, 1.807) is 36.2 Å². The molecule has 0 saturated carbocycles. The number of anilines is 1. The summed E-state index contributed by atoms with van der Waals surface area (Å²) in [4.78, 5) is 18.5. The third-order valence-electron chi connectivity index (χ3n) is 5.96. The van der Waals surface area contributed by atoms with Crippen LogP contribution >= 0.6 is 0 Å². The Kier molecular flexibility index (Phi) is 7.32. The van der Waals surface area contributed by atoms with Gasteiger partial charge in [-0.2, -0.15) is 18.2 Å². The lowest BCUT2D eigenvalue weighted by Gasteiger charge is -2.38. The number of hydrogen-bond donors (Lipinski definition) is 2. The van der Waals surface area contributed by atoms with Crippen molar-refractivity contribution in [3.63, 3.8) is 0 Å². The minimum Gasteiger partial charge on any atom is -0.480 e. The number of halogens is 5. The van der Waals surface area contributed by atoms with Gasteiger partial charge in [-0.3, -0.25) is 0 Å². The van der Waals surface area contributed by atoms with Crippen molar-refractivity contribution in [2.75, 3.05) is 31.6 Å². The summed E-state index contributed by atoms with van der Waals surface area (Å²) in [5, 5.41) is 9.58. The quantitative estimate of drug-likeness (QED) is 0.461. The summed E-state index contributed by atoms with van der Waals surface area (Å²) in [5.74, 6) is -5.27. The Balaban J connectivity index is 1.76. The largest absolute Gasteiger partial charge is 0.480 e. The van der Waals surface area contributed by atoms with E-state index in [0.717, 1.165) is 6.07 Å². The van der Waals surface area contributed by atoms with Gasteiger partial charge in [0.15, 0.2) is 17.5 Å². The van der Waals surface area contributed by atoms with Gasteiger partial charge >= 0.3 is 12.1 Å². The Morgan fingerprint density at radius 2 is 1.86 bits per heavy atom. The zero-order valence-electron chi connectivity index (χ0n) is 19.6. The number of nitrogens with zero attached hydrogens (tertiary/aromatic N) is 3. The minimum absolute atomic E-state index is 0.0584. The van der Waals surface area contributed by atoms with E-state index in [2.05, 4.69) is 4.98 Å². The van der Waals surface area contributed by atoms with Crippen molar-refractivity contribution in [2.24, 2.45) is 5.73 Å². The number of ether oxygens (including phenoxy) is 1. The smallest absolute Gasteiger partial charge is 0.416 e. The molecule has 12 heteroatoms. The Labute approximate surface area is 208 Å². The number of alkyl halides is 3. The lowest BCUT2D eigenvalue weighted by Crippen LogP contribution is -2.56. The number of aromatic nitrogens is 1. The molecule has 2 heterocycles. The molecular formula is C25H23F5N4O3. The average molecular weight is 522 g/mol. The van der Waals surface area contributed by atoms with E-state index in [1.165, 1.54) is 11.0 Å². The molecule has 0 amide bonds. The number of aliphatic carboxylic acids is 1. The van der Waals surface area contributed by atoms with Crippen LogP contribution in [0.1, 0.15) is 11.1 Å². The molecule has 3 N–H and O–H groups in total. The van der Waals surface area contributed by atoms with Crippen molar-refractivity contribution in [3.8, 4) is 22.8 Å². The molecule has 3 aromatic rings. The number of benzene rings is 2. The number of rotatable bonds is 6. The predicted molar refractivity (Wildman–Crippen MR) is 125 cm³/mol. The van der Waals surface area contributed by atoms with E-state index < -0.39 is 47.1 Å². The number of pyridine rings is 1. The Morgan fingerprint density at radius 3 is 2.54 bits per heavy atom. The molecular weight excluding hydrogens is 499 g/mol. The Morgan fingerprint density at radius 1 is 1.11 bits per heavy atom. The van der Waals surface area contributed by atoms with Crippen molar-refractivity contribution in [3.05, 3.63) is 71.3 Å². The first-order valence-electron chi connectivity index (χ1n) is 11.2. The lowest BCUT2D eigenvalue weighted by atomic mass is 10.0. The second-order valence-electron chi connectivity index (χ2n) is 8.64. The molecule has 1 fully saturated rings. The van der Waals surface area contributed by atoms with Gasteiger partial charge < -0.3 is 25.4 Å². The van der Waals surface area contributed by atoms with Gasteiger partial charge in [-0.25, -0.2) is 13.6 Å². The summed E-state index contributed by atoms with van der Waals surface area (Å²) >= 11 is 0. The molecule has 1 aliphatic heterocycles. The monoisotopic (exact) mass is 522 g/mol. The fourth-order valence-electron chi connectivity index (χ4n) is 4.08. The third-order valence-corrected chi connectivity index (χ3v) is 5.96. The third kappa shape index (κ3) is 5.81. The predicted octanol–water partition coefficient (Wildman–Crippen LogP) is 4.50. The molecule has 4 rings (SSSR count). The molecule has 1 unspecified atom stereocenters. The summed E-state index contributed by atoms with van der Waals surface area (Å²) in [6, 6.07) is 8.73. The van der Waals surface area contributed by atoms with Crippen LogP contribution in [0.15, 0.2) is 48.5 Å². The van der Waals surface area contributed by atoms with Crippen molar-refractivity contribution in [2.45, 2.75) is 18.8 Å². The fourth-order valence-corrected chi connectivity index (χ4v) is 4.08. The van der Waals surface area contributed by atoms with Crippen molar-refractivity contribution in [1.29, 1.82) is 0 Å². The summed E-state index contributed by atoms with van der Waals surface area (Å²) in [7, 11) is 1.70. The van der Waals surface area contributed by atoms with Gasteiger partial charge in [0.25, 0.3) is 5.88 Å². The first-order valence-corrected chi connectivity index (χ1v) is 11.2. The normalized spacial score (nSPS) is 16.6. The molecule has 0 radical (unpaired) electrons. The highest BCUT2D eigenvalue weighted by Crippen LogP contribution is 2.38. The van der Waals surface area contributed by atoms with E-state index in [1.807, 2.05) is 0 Å². The van der Waals surface area contributed by atoms with Crippen LogP contribution < -0.4 is 15.4 Å². The van der Waals surface area contributed by atoms with Gasteiger partial charge in [0.1, 0.15) is 11.8 Å². The topological polar surface area (TPSA) is 91.9 Å². The highest BCUT2D eigenvalue weighted by molar-refractivity contribution is 5.78. The van der Waals surface area contributed by atoms with Crippen LogP contribution in [0, 0.1) is 11.6 Å². The van der Waals surface area contributed by atoms with Gasteiger partial charge in [-0.05, 0) is 48.0 Å². The number of carboxylic acid groups (broad SMARTS) is 1. The highest BCUT2D eigenvalue weighted by Gasteiger charge is 2.35. The summed E-state index contributed by atoms with van der Waals surface area (Å²) < 4.78 is 75.7. The maximum atomic E-state index is 14.7. The number of carboxylic acids is 1. The van der Waals surface area contributed by atoms with Gasteiger partial charge in [-0.15, -0.1) is 0 Å². The van der Waals surface area contributed by atoms with Crippen LogP contribution in [0.2, 0.25) is 0 Å². The Bertz CT molecular complexity index is 1320. The molecule has 37 heavy (non-hydrogen) atoms. The second-order valence-corrected chi connectivity index (χ2v) is 8.64.